The number of anilines is 1. The molecule has 1 aliphatic rings. The normalized spacial score (nSPS) is 15.3. The Morgan fingerprint density at radius 2 is 1.79 bits per heavy atom. The van der Waals surface area contributed by atoms with Gasteiger partial charge in [0, 0.05) is 44.5 Å². The van der Waals surface area contributed by atoms with E-state index in [-0.39, 0.29) is 5.91 Å². The minimum Gasteiger partial charge on any atom is -0.311 e. The molecule has 4 rings (SSSR count). The summed E-state index contributed by atoms with van der Waals surface area (Å²) in [7, 11) is 0. The molecule has 0 unspecified atom stereocenters. The first kappa shape index (κ1) is 19.3. The number of aryl methyl sites for hydroxylation is 1. The van der Waals surface area contributed by atoms with Crippen LogP contribution in [0.2, 0.25) is 0 Å². The maximum atomic E-state index is 12.4. The number of aromatic nitrogens is 3. The van der Waals surface area contributed by atoms with E-state index in [1.807, 2.05) is 47.4 Å². The highest BCUT2D eigenvalue weighted by molar-refractivity contribution is 5.89. The van der Waals surface area contributed by atoms with Gasteiger partial charge in [-0.1, -0.05) is 36.4 Å². The van der Waals surface area contributed by atoms with Gasteiger partial charge >= 0.3 is 0 Å². The molecule has 0 spiro atoms. The second kappa shape index (κ2) is 9.47. The van der Waals surface area contributed by atoms with Crippen molar-refractivity contribution in [1.29, 1.82) is 0 Å². The molecule has 1 amide bonds. The summed E-state index contributed by atoms with van der Waals surface area (Å²) in [6.45, 7) is 2.96. The van der Waals surface area contributed by atoms with Crippen molar-refractivity contribution < 1.29 is 4.79 Å². The van der Waals surface area contributed by atoms with Crippen LogP contribution in [0.4, 0.5) is 5.82 Å². The molecule has 6 nitrogen and oxygen atoms in total. The molecule has 1 saturated heterocycles. The lowest BCUT2D eigenvalue weighted by atomic mass is 10.0. The summed E-state index contributed by atoms with van der Waals surface area (Å²) in [5.74, 6) is 0.832. The smallest absolute Gasteiger partial charge is 0.225 e. The molecule has 0 saturated carbocycles. The molecule has 29 heavy (non-hydrogen) atoms. The molecule has 3 aromatic rings. The maximum Gasteiger partial charge on any atom is 0.225 e. The number of rotatable bonds is 7. The van der Waals surface area contributed by atoms with Gasteiger partial charge in [-0.15, -0.1) is 0 Å². The number of piperidine rings is 1. The highest BCUT2D eigenvalue weighted by Crippen LogP contribution is 2.26. The highest BCUT2D eigenvalue weighted by atomic mass is 16.1. The van der Waals surface area contributed by atoms with Crippen LogP contribution in [0, 0.1) is 0 Å². The fraction of sp³-hybridized carbons (Fsp3) is 0.348. The molecule has 0 radical (unpaired) electrons. The molecule has 2 aromatic heterocycles. The second-order valence-electron chi connectivity index (χ2n) is 7.56. The predicted molar refractivity (Wildman–Crippen MR) is 113 cm³/mol. The van der Waals surface area contributed by atoms with Crippen LogP contribution in [0.3, 0.4) is 0 Å². The Hall–Kier alpha value is -2.99. The van der Waals surface area contributed by atoms with E-state index in [9.17, 15) is 4.79 Å². The van der Waals surface area contributed by atoms with Crippen molar-refractivity contribution in [2.24, 2.45) is 0 Å². The van der Waals surface area contributed by atoms with E-state index in [0.717, 1.165) is 44.7 Å². The Morgan fingerprint density at radius 1 is 1.00 bits per heavy atom. The Kier molecular flexibility index (Phi) is 6.32. The zero-order valence-corrected chi connectivity index (χ0v) is 16.6. The van der Waals surface area contributed by atoms with Gasteiger partial charge in [0.15, 0.2) is 0 Å². The topological polar surface area (TPSA) is 63.1 Å². The van der Waals surface area contributed by atoms with Gasteiger partial charge in [0.25, 0.3) is 0 Å². The number of benzene rings is 1. The molecule has 1 aliphatic heterocycles. The fourth-order valence-electron chi connectivity index (χ4n) is 3.88. The van der Waals surface area contributed by atoms with Gasteiger partial charge in [-0.2, -0.15) is 5.10 Å². The van der Waals surface area contributed by atoms with Gasteiger partial charge in [0.2, 0.25) is 5.91 Å². The minimum atomic E-state index is 0.0321. The molecule has 6 heteroatoms. The lowest BCUT2D eigenvalue weighted by Gasteiger charge is -2.32. The average Bonchev–Trinajstić information content (AvgIpc) is 3.22. The third-order valence-corrected chi connectivity index (χ3v) is 5.45. The first-order chi connectivity index (χ1) is 14.3. The third kappa shape index (κ3) is 5.29. The molecule has 1 aromatic carbocycles. The summed E-state index contributed by atoms with van der Waals surface area (Å²) in [4.78, 5) is 19.1. The van der Waals surface area contributed by atoms with Gasteiger partial charge in [-0.25, -0.2) is 4.68 Å². The van der Waals surface area contributed by atoms with E-state index in [0.29, 0.717) is 12.5 Å². The van der Waals surface area contributed by atoms with Gasteiger partial charge in [0.05, 0.1) is 12.2 Å². The lowest BCUT2D eigenvalue weighted by molar-refractivity contribution is -0.116. The second-order valence-corrected chi connectivity index (χ2v) is 7.56. The van der Waals surface area contributed by atoms with Crippen LogP contribution < -0.4 is 5.32 Å². The van der Waals surface area contributed by atoms with E-state index >= 15 is 0 Å². The quantitative estimate of drug-likeness (QED) is 0.669. The van der Waals surface area contributed by atoms with Crippen LogP contribution in [-0.2, 0) is 17.8 Å². The zero-order valence-electron chi connectivity index (χ0n) is 16.6. The van der Waals surface area contributed by atoms with Gasteiger partial charge in [-0.05, 0) is 36.5 Å². The Balaban J connectivity index is 1.28. The first-order valence-electron chi connectivity index (χ1n) is 10.3. The lowest BCUT2D eigenvalue weighted by Crippen LogP contribution is -2.35. The van der Waals surface area contributed by atoms with Crippen molar-refractivity contribution in [3.8, 4) is 0 Å². The van der Waals surface area contributed by atoms with Crippen LogP contribution in [0.25, 0.3) is 0 Å². The fourth-order valence-corrected chi connectivity index (χ4v) is 3.88. The molecule has 1 N–H and O–H groups in total. The number of carbonyl (C=O) groups excluding carboxylic acids is 1. The summed E-state index contributed by atoms with van der Waals surface area (Å²) in [5, 5.41) is 7.54. The first-order valence-corrected chi connectivity index (χ1v) is 10.3. The standard InChI is InChI=1S/C23H27N5O/c29-23(9-8-19-5-2-1-3-6-19)26-22-10-14-25-28(22)21-11-15-27(16-12-21)18-20-7-4-13-24-17-20/h1-7,10,13-14,17,21H,8-9,11-12,15-16,18H2,(H,26,29). The molecule has 1 fully saturated rings. The largest absolute Gasteiger partial charge is 0.311 e. The number of hydrogen-bond acceptors (Lipinski definition) is 4. The van der Waals surface area contributed by atoms with Crippen molar-refractivity contribution in [2.45, 2.75) is 38.3 Å². The molecule has 3 heterocycles. The number of likely N-dealkylation sites (tertiary alicyclic amines) is 1. The van der Waals surface area contributed by atoms with Gasteiger partial charge < -0.3 is 5.32 Å². The van der Waals surface area contributed by atoms with Crippen molar-refractivity contribution in [3.63, 3.8) is 0 Å². The van der Waals surface area contributed by atoms with Crippen molar-refractivity contribution in [3.05, 3.63) is 78.2 Å². The summed E-state index contributed by atoms with van der Waals surface area (Å²) >= 11 is 0. The highest BCUT2D eigenvalue weighted by Gasteiger charge is 2.23. The summed E-state index contributed by atoms with van der Waals surface area (Å²) in [5.41, 5.74) is 2.42. The summed E-state index contributed by atoms with van der Waals surface area (Å²) < 4.78 is 1.99. The molecular weight excluding hydrogens is 362 g/mol. The number of pyridine rings is 1. The molecule has 150 valence electrons. The predicted octanol–water partition coefficient (Wildman–Crippen LogP) is 3.69. The van der Waals surface area contributed by atoms with Crippen LogP contribution in [-0.4, -0.2) is 38.7 Å². The van der Waals surface area contributed by atoms with E-state index in [2.05, 4.69) is 38.5 Å². The van der Waals surface area contributed by atoms with Gasteiger partial charge in [-0.3, -0.25) is 14.7 Å². The number of nitrogens with one attached hydrogen (secondary N) is 1. The summed E-state index contributed by atoms with van der Waals surface area (Å²) in [6, 6.07) is 16.4. The average molecular weight is 390 g/mol. The SMILES string of the molecule is O=C(CCc1ccccc1)Nc1ccnn1C1CCN(Cc2cccnc2)CC1. The van der Waals surface area contributed by atoms with E-state index < -0.39 is 0 Å². The molecule has 0 atom stereocenters. The van der Waals surface area contributed by atoms with Crippen LogP contribution in [0.15, 0.2) is 67.1 Å². The van der Waals surface area contributed by atoms with Gasteiger partial charge in [0.1, 0.15) is 5.82 Å². The van der Waals surface area contributed by atoms with Crippen molar-refractivity contribution in [1.82, 2.24) is 19.7 Å². The number of hydrogen-bond donors (Lipinski definition) is 1. The monoisotopic (exact) mass is 389 g/mol. The van der Waals surface area contributed by atoms with Crippen molar-refractivity contribution >= 4 is 11.7 Å². The number of amides is 1. The van der Waals surface area contributed by atoms with E-state index in [1.54, 1.807) is 6.20 Å². The molecule has 0 bridgehead atoms. The zero-order chi connectivity index (χ0) is 19.9. The number of nitrogens with zero attached hydrogens (tertiary/aromatic N) is 4. The Labute approximate surface area is 171 Å². The van der Waals surface area contributed by atoms with E-state index in [4.69, 9.17) is 0 Å². The minimum absolute atomic E-state index is 0.0321. The van der Waals surface area contributed by atoms with Crippen LogP contribution in [0.5, 0.6) is 0 Å². The van der Waals surface area contributed by atoms with Crippen molar-refractivity contribution in [2.75, 3.05) is 18.4 Å². The maximum absolute atomic E-state index is 12.4. The number of carbonyl (C=O) groups is 1. The summed E-state index contributed by atoms with van der Waals surface area (Å²) in [6.07, 6.45) is 8.77. The van der Waals surface area contributed by atoms with Crippen LogP contribution >= 0.6 is 0 Å². The molecular formula is C23H27N5O. The Bertz CT molecular complexity index is 901. The third-order valence-electron chi connectivity index (χ3n) is 5.45. The van der Waals surface area contributed by atoms with Crippen LogP contribution in [0.1, 0.15) is 36.4 Å². The van der Waals surface area contributed by atoms with E-state index in [1.165, 1.54) is 11.1 Å². The Morgan fingerprint density at radius 3 is 2.55 bits per heavy atom. The molecule has 0 aliphatic carbocycles.